The number of sulfonamides is 1. The van der Waals surface area contributed by atoms with Crippen molar-refractivity contribution in [3.63, 3.8) is 0 Å². The van der Waals surface area contributed by atoms with E-state index in [4.69, 9.17) is 22.6 Å². The van der Waals surface area contributed by atoms with Crippen molar-refractivity contribution in [1.29, 1.82) is 0 Å². The molecule has 0 aliphatic carbocycles. The minimum Gasteiger partial charge on any atom is -0.391 e. The van der Waals surface area contributed by atoms with Gasteiger partial charge in [0.25, 0.3) is 0 Å². The first kappa shape index (κ1) is 22.7. The summed E-state index contributed by atoms with van der Waals surface area (Å²) in [6.07, 6.45) is 0. The maximum Gasteiger partial charge on any atom is 0.434 e. The zero-order valence-electron chi connectivity index (χ0n) is 16.7. The first-order chi connectivity index (χ1) is 14.5. The second-order valence-corrected chi connectivity index (χ2v) is 9.08. The summed E-state index contributed by atoms with van der Waals surface area (Å²) < 4.78 is 48.4. The Bertz CT molecular complexity index is 1340. The Labute approximate surface area is 182 Å². The van der Waals surface area contributed by atoms with Crippen molar-refractivity contribution in [2.45, 2.75) is 37.6 Å². The van der Waals surface area contributed by atoms with E-state index in [1.807, 2.05) is 0 Å². The largest absolute Gasteiger partial charge is 0.434 e. The van der Waals surface area contributed by atoms with E-state index in [-0.39, 0.29) is 27.1 Å². The maximum absolute atomic E-state index is 14.7. The third-order valence-corrected chi connectivity index (χ3v) is 6.75. The molecule has 0 aliphatic rings. The fourth-order valence-corrected chi connectivity index (χ4v) is 4.87. The van der Waals surface area contributed by atoms with Gasteiger partial charge in [-0.05, 0) is 48.7 Å². The van der Waals surface area contributed by atoms with Crippen LogP contribution in [0.25, 0.3) is 4.85 Å². The van der Waals surface area contributed by atoms with Crippen LogP contribution in [0, 0.1) is 26.2 Å². The van der Waals surface area contributed by atoms with Crippen LogP contribution >= 0.6 is 11.6 Å². The molecule has 2 atom stereocenters. The lowest BCUT2D eigenvalue weighted by atomic mass is 9.88. The number of rotatable bonds is 6. The zero-order valence-corrected chi connectivity index (χ0v) is 18.3. The van der Waals surface area contributed by atoms with Crippen LogP contribution in [0.2, 0.25) is 5.02 Å². The number of hydrogen-bond acceptors (Lipinski definition) is 5. The van der Waals surface area contributed by atoms with Gasteiger partial charge in [-0.1, -0.05) is 30.7 Å². The highest BCUT2D eigenvalue weighted by molar-refractivity contribution is 7.89. The normalized spacial score (nSPS) is 13.5. The molecule has 2 N–H and O–H groups in total. The van der Waals surface area contributed by atoms with Crippen molar-refractivity contribution in [2.24, 2.45) is 0 Å². The topological polar surface area (TPSA) is 109 Å². The molecule has 0 fully saturated rings. The van der Waals surface area contributed by atoms with Crippen LogP contribution in [0.4, 0.5) is 10.1 Å². The van der Waals surface area contributed by atoms with Gasteiger partial charge in [-0.15, -0.1) is 5.10 Å². The Balaban J connectivity index is 2.13. The fourth-order valence-electron chi connectivity index (χ4n) is 3.31. The number of aryl methyl sites for hydroxylation is 1. The van der Waals surface area contributed by atoms with Gasteiger partial charge >= 0.3 is 5.76 Å². The van der Waals surface area contributed by atoms with E-state index in [1.165, 1.54) is 24.3 Å². The van der Waals surface area contributed by atoms with Crippen molar-refractivity contribution in [3.8, 4) is 0 Å². The van der Waals surface area contributed by atoms with Crippen molar-refractivity contribution in [3.05, 3.63) is 85.7 Å². The third kappa shape index (κ3) is 4.54. The summed E-state index contributed by atoms with van der Waals surface area (Å²) in [6, 6.07) is 5.41. The van der Waals surface area contributed by atoms with Crippen LogP contribution < -0.4 is 10.5 Å². The number of benzene rings is 2. The lowest BCUT2D eigenvalue weighted by molar-refractivity contribution is 0.377. The second kappa shape index (κ2) is 8.63. The predicted octanol–water partition coefficient (Wildman–Crippen LogP) is 4.15. The highest BCUT2D eigenvalue weighted by Crippen LogP contribution is 2.36. The van der Waals surface area contributed by atoms with Gasteiger partial charge in [0.15, 0.2) is 0 Å². The molecule has 0 radical (unpaired) electrons. The highest BCUT2D eigenvalue weighted by atomic mass is 35.5. The minimum absolute atomic E-state index is 0.187. The summed E-state index contributed by atoms with van der Waals surface area (Å²) in [5.74, 6) is -2.50. The lowest BCUT2D eigenvalue weighted by Gasteiger charge is -2.25. The molecule has 1 aromatic heterocycles. The maximum atomic E-state index is 14.7. The quantitative estimate of drug-likeness (QED) is 0.532. The van der Waals surface area contributed by atoms with E-state index >= 15 is 0 Å². The van der Waals surface area contributed by atoms with Gasteiger partial charge in [0.2, 0.25) is 21.6 Å². The highest BCUT2D eigenvalue weighted by Gasteiger charge is 2.34. The third-order valence-electron chi connectivity index (χ3n) is 5.02. The van der Waals surface area contributed by atoms with Gasteiger partial charge < -0.3 is 4.42 Å². The fraction of sp³-hybridized carbons (Fsp3) is 0.250. The van der Waals surface area contributed by atoms with Crippen molar-refractivity contribution in [1.82, 2.24) is 14.9 Å². The predicted molar refractivity (Wildman–Crippen MR) is 112 cm³/mol. The Morgan fingerprint density at radius 3 is 2.61 bits per heavy atom. The molecule has 11 heteroatoms. The molecular weight excluding hydrogens is 447 g/mol. The molecule has 0 bridgehead atoms. The van der Waals surface area contributed by atoms with E-state index < -0.39 is 33.6 Å². The first-order valence-corrected chi connectivity index (χ1v) is 10.9. The van der Waals surface area contributed by atoms with Gasteiger partial charge in [-0.2, -0.15) is 4.72 Å². The molecule has 0 spiro atoms. The zero-order chi connectivity index (χ0) is 22.9. The van der Waals surface area contributed by atoms with E-state index in [2.05, 4.69) is 19.8 Å². The smallest absolute Gasteiger partial charge is 0.391 e. The molecule has 3 rings (SSSR count). The summed E-state index contributed by atoms with van der Waals surface area (Å²) in [6.45, 7) is 12.4. The summed E-state index contributed by atoms with van der Waals surface area (Å²) in [5.41, 5.74) is 1.50. The van der Waals surface area contributed by atoms with Crippen LogP contribution in [0.1, 0.15) is 41.5 Å². The van der Waals surface area contributed by atoms with Crippen LogP contribution in [0.5, 0.6) is 0 Å². The van der Waals surface area contributed by atoms with Gasteiger partial charge in [0, 0.05) is 10.9 Å². The lowest BCUT2D eigenvalue weighted by Crippen LogP contribution is -2.33. The minimum atomic E-state index is -4.31. The number of nitrogens with one attached hydrogen (secondary N) is 2. The van der Waals surface area contributed by atoms with E-state index in [0.29, 0.717) is 5.56 Å². The van der Waals surface area contributed by atoms with Crippen LogP contribution in [-0.4, -0.2) is 18.6 Å². The number of halogens is 2. The Kier molecular flexibility index (Phi) is 6.31. The Morgan fingerprint density at radius 1 is 1.29 bits per heavy atom. The number of nitrogens with zero attached hydrogens (tertiary/aromatic N) is 2. The van der Waals surface area contributed by atoms with Crippen molar-refractivity contribution in [2.75, 3.05) is 0 Å². The average Bonchev–Trinajstić information content (AvgIpc) is 3.14. The molecule has 1 heterocycles. The summed E-state index contributed by atoms with van der Waals surface area (Å²) >= 11 is 5.87. The standard InChI is InChI=1S/C20H18ClFN4O4S/c1-10-5-7-14(22)17(11(10)2)12(3)18(19-24-25-20(27)30-19)26-31(28,29)16-8-6-13(21)9-15(16)23-4/h5-9,12,18,26H,1-3H3,(H,25,27)/t12-,18+/m1/s1. The molecule has 8 nitrogen and oxygen atoms in total. The van der Waals surface area contributed by atoms with Gasteiger partial charge in [-0.25, -0.2) is 27.5 Å². The Morgan fingerprint density at radius 2 is 2.00 bits per heavy atom. The SMILES string of the molecule is [C-]#[N+]c1cc(Cl)ccc1S(=O)(=O)N[C@H](c1n[nH]c(=O)o1)[C@H](C)c1c(F)ccc(C)c1C. The molecule has 162 valence electrons. The molecule has 0 aliphatic heterocycles. The molecule has 2 aromatic carbocycles. The van der Waals surface area contributed by atoms with E-state index in [9.17, 15) is 17.6 Å². The average molecular weight is 465 g/mol. The first-order valence-electron chi connectivity index (χ1n) is 9.05. The Hall–Kier alpha value is -3.00. The molecule has 31 heavy (non-hydrogen) atoms. The second-order valence-electron chi connectivity index (χ2n) is 6.97. The van der Waals surface area contributed by atoms with Crippen LogP contribution in [-0.2, 0) is 10.0 Å². The monoisotopic (exact) mass is 464 g/mol. The molecular formula is C20H18ClFN4O4S. The van der Waals surface area contributed by atoms with Crippen molar-refractivity contribution >= 4 is 27.3 Å². The summed E-state index contributed by atoms with van der Waals surface area (Å²) in [5, 5.41) is 6.03. The van der Waals surface area contributed by atoms with Gasteiger partial charge in [-0.3, -0.25) is 0 Å². The summed E-state index contributed by atoms with van der Waals surface area (Å²) in [7, 11) is -4.31. The number of H-pyrrole nitrogens is 1. The van der Waals surface area contributed by atoms with E-state index in [1.54, 1.807) is 26.8 Å². The van der Waals surface area contributed by atoms with E-state index in [0.717, 1.165) is 5.56 Å². The number of hydrogen-bond donors (Lipinski definition) is 2. The molecule has 0 amide bonds. The van der Waals surface area contributed by atoms with Gasteiger partial charge in [0.05, 0.1) is 11.5 Å². The number of aromatic amines is 1. The van der Waals surface area contributed by atoms with Crippen molar-refractivity contribution < 1.29 is 17.2 Å². The number of aromatic nitrogens is 2. The summed E-state index contributed by atoms with van der Waals surface area (Å²) in [4.78, 5) is 14.4. The van der Waals surface area contributed by atoms with Crippen LogP contribution in [0.15, 0.2) is 44.4 Å². The van der Waals surface area contributed by atoms with Crippen LogP contribution in [0.3, 0.4) is 0 Å². The van der Waals surface area contributed by atoms with Gasteiger partial charge in [0.1, 0.15) is 11.9 Å². The molecule has 0 saturated carbocycles. The molecule has 0 saturated heterocycles. The molecule has 0 unspecified atom stereocenters. The molecule has 3 aromatic rings.